The van der Waals surface area contributed by atoms with Gasteiger partial charge >= 0.3 is 0 Å². The van der Waals surface area contributed by atoms with E-state index in [9.17, 15) is 0 Å². The third kappa shape index (κ3) is 4.73. The lowest BCUT2D eigenvalue weighted by Gasteiger charge is -2.49. The van der Waals surface area contributed by atoms with Gasteiger partial charge in [-0.25, -0.2) is 0 Å². The molecule has 1 aromatic heterocycles. The number of ether oxygens (including phenoxy) is 2. The number of aryl methyl sites for hydroxylation is 1. The Morgan fingerprint density at radius 2 is 1.72 bits per heavy atom. The number of hydrogen-bond acceptors (Lipinski definition) is 5. The first kappa shape index (κ1) is 20.2. The lowest BCUT2D eigenvalue weighted by molar-refractivity contribution is 0.0555. The highest BCUT2D eigenvalue weighted by Crippen LogP contribution is 2.37. The molecule has 3 heterocycles. The first-order valence-electron chi connectivity index (χ1n) is 10.5. The summed E-state index contributed by atoms with van der Waals surface area (Å²) in [5.74, 6) is 1.71. The summed E-state index contributed by atoms with van der Waals surface area (Å²) in [6, 6.07) is 10.9. The number of pyridine rings is 1. The van der Waals surface area contributed by atoms with Crippen LogP contribution in [0.3, 0.4) is 0 Å². The second-order valence-corrected chi connectivity index (χ2v) is 9.81. The number of aromatic nitrogens is 1. The predicted molar refractivity (Wildman–Crippen MR) is 115 cm³/mol. The second kappa shape index (κ2) is 7.62. The van der Waals surface area contributed by atoms with Crippen LogP contribution in [0, 0.1) is 6.92 Å². The molecule has 2 aliphatic rings. The topological polar surface area (TPSA) is 46.6 Å². The van der Waals surface area contributed by atoms with Crippen LogP contribution in [0.4, 0.5) is 0 Å². The molecule has 0 amide bonds. The molecule has 0 bridgehead atoms. The quantitative estimate of drug-likeness (QED) is 0.811. The summed E-state index contributed by atoms with van der Waals surface area (Å²) in [4.78, 5) is 7.20. The van der Waals surface area contributed by atoms with Crippen LogP contribution in [-0.2, 0) is 13.1 Å². The zero-order chi connectivity index (χ0) is 20.6. The van der Waals surface area contributed by atoms with E-state index in [1.165, 1.54) is 11.1 Å². The van der Waals surface area contributed by atoms with E-state index in [1.54, 1.807) is 0 Å². The van der Waals surface area contributed by atoms with Gasteiger partial charge in [-0.1, -0.05) is 6.07 Å². The highest BCUT2D eigenvalue weighted by atomic mass is 16.7. The van der Waals surface area contributed by atoms with Crippen LogP contribution in [0.1, 0.15) is 57.4 Å². The number of benzene rings is 1. The van der Waals surface area contributed by atoms with E-state index in [0.29, 0.717) is 12.8 Å². The third-order valence-electron chi connectivity index (χ3n) is 5.98. The molecular formula is C24H33N3O2. The maximum absolute atomic E-state index is 5.64. The Labute approximate surface area is 174 Å². The van der Waals surface area contributed by atoms with Crippen molar-refractivity contribution in [3.8, 4) is 11.5 Å². The Morgan fingerprint density at radius 1 is 1.03 bits per heavy atom. The van der Waals surface area contributed by atoms with Gasteiger partial charge in [0.2, 0.25) is 6.79 Å². The van der Waals surface area contributed by atoms with E-state index < -0.39 is 0 Å². The van der Waals surface area contributed by atoms with E-state index in [2.05, 4.69) is 74.1 Å². The van der Waals surface area contributed by atoms with Crippen LogP contribution in [0.2, 0.25) is 0 Å². The first-order chi connectivity index (χ1) is 13.7. The van der Waals surface area contributed by atoms with Crippen molar-refractivity contribution in [2.75, 3.05) is 6.79 Å². The number of piperidine rings is 1. The van der Waals surface area contributed by atoms with Crippen molar-refractivity contribution < 1.29 is 9.47 Å². The van der Waals surface area contributed by atoms with Crippen molar-refractivity contribution in [1.82, 2.24) is 15.2 Å². The highest BCUT2D eigenvalue weighted by molar-refractivity contribution is 5.48. The van der Waals surface area contributed by atoms with Crippen molar-refractivity contribution in [2.45, 2.75) is 77.7 Å². The molecule has 1 aromatic carbocycles. The van der Waals surface area contributed by atoms with Gasteiger partial charge in [-0.2, -0.15) is 0 Å². The molecule has 29 heavy (non-hydrogen) atoms. The highest BCUT2D eigenvalue weighted by Gasteiger charge is 2.40. The summed E-state index contributed by atoms with van der Waals surface area (Å²) in [5.41, 5.74) is 3.84. The van der Waals surface area contributed by atoms with Gasteiger partial charge in [-0.15, -0.1) is 0 Å². The molecule has 1 N–H and O–H groups in total. The molecule has 1 fully saturated rings. The fourth-order valence-corrected chi connectivity index (χ4v) is 5.02. The molecule has 2 aromatic rings. The van der Waals surface area contributed by atoms with Crippen molar-refractivity contribution in [3.63, 3.8) is 0 Å². The number of nitrogens with zero attached hydrogens (tertiary/aromatic N) is 2. The maximum Gasteiger partial charge on any atom is 0.231 e. The van der Waals surface area contributed by atoms with Crippen LogP contribution in [0.15, 0.2) is 36.5 Å². The van der Waals surface area contributed by atoms with E-state index in [-0.39, 0.29) is 11.1 Å². The summed E-state index contributed by atoms with van der Waals surface area (Å²) < 4.78 is 11.2. The molecule has 1 saturated heterocycles. The smallest absolute Gasteiger partial charge is 0.231 e. The van der Waals surface area contributed by atoms with Crippen molar-refractivity contribution in [2.24, 2.45) is 0 Å². The largest absolute Gasteiger partial charge is 0.454 e. The van der Waals surface area contributed by atoms with Gasteiger partial charge in [0.25, 0.3) is 0 Å². The summed E-state index contributed by atoms with van der Waals surface area (Å²) in [6.07, 6.45) is 4.09. The van der Waals surface area contributed by atoms with Gasteiger partial charge in [0, 0.05) is 36.4 Å². The van der Waals surface area contributed by atoms with Gasteiger partial charge in [0.05, 0.1) is 5.69 Å². The normalized spacial score (nSPS) is 20.2. The summed E-state index contributed by atoms with van der Waals surface area (Å²) >= 11 is 0. The molecule has 156 valence electrons. The van der Waals surface area contributed by atoms with Gasteiger partial charge in [0.1, 0.15) is 0 Å². The number of rotatable bonds is 5. The summed E-state index contributed by atoms with van der Waals surface area (Å²) in [6.45, 7) is 13.4. The predicted octanol–water partition coefficient (Wildman–Crippen LogP) is 4.43. The Hall–Kier alpha value is -2.11. The summed E-state index contributed by atoms with van der Waals surface area (Å²) in [7, 11) is 0. The van der Waals surface area contributed by atoms with Crippen molar-refractivity contribution >= 4 is 0 Å². The molecule has 0 saturated carbocycles. The fraction of sp³-hybridized carbons (Fsp3) is 0.542. The SMILES string of the molecule is Cc1cc2c(cc1CN(Cc1ccccn1)C1CC(C)(C)NC(C)(C)C1)OCO2. The third-order valence-corrected chi connectivity index (χ3v) is 5.98. The molecule has 0 atom stereocenters. The minimum atomic E-state index is 0.0959. The van der Waals surface area contributed by atoms with Crippen molar-refractivity contribution in [3.05, 3.63) is 53.3 Å². The zero-order valence-corrected chi connectivity index (χ0v) is 18.3. The molecule has 5 heteroatoms. The number of fused-ring (bicyclic) bond motifs is 1. The Bertz CT molecular complexity index is 848. The molecule has 0 radical (unpaired) electrons. The maximum atomic E-state index is 5.64. The second-order valence-electron chi connectivity index (χ2n) is 9.81. The van der Waals surface area contributed by atoms with Crippen LogP contribution in [0.25, 0.3) is 0 Å². The number of nitrogens with one attached hydrogen (secondary N) is 1. The molecule has 2 aliphatic heterocycles. The first-order valence-corrected chi connectivity index (χ1v) is 10.5. The Kier molecular flexibility index (Phi) is 5.30. The van der Waals surface area contributed by atoms with E-state index in [1.807, 2.05) is 12.3 Å². The van der Waals surface area contributed by atoms with Crippen LogP contribution >= 0.6 is 0 Å². The fourth-order valence-electron chi connectivity index (χ4n) is 5.02. The average molecular weight is 396 g/mol. The Morgan fingerprint density at radius 3 is 2.38 bits per heavy atom. The molecule has 0 spiro atoms. The van der Waals surface area contributed by atoms with Crippen LogP contribution in [0.5, 0.6) is 11.5 Å². The summed E-state index contributed by atoms with van der Waals surface area (Å²) in [5, 5.41) is 3.81. The van der Waals surface area contributed by atoms with Crippen LogP contribution < -0.4 is 14.8 Å². The average Bonchev–Trinajstić information content (AvgIpc) is 3.06. The van der Waals surface area contributed by atoms with Crippen LogP contribution in [-0.4, -0.2) is 33.8 Å². The van der Waals surface area contributed by atoms with Gasteiger partial charge in [-0.05, 0) is 82.9 Å². The standard InChI is InChI=1S/C24H33N3O2/c1-17-10-21-22(29-16-28-21)11-18(17)14-27(15-19-8-6-7-9-25-19)20-12-23(2,3)26-24(4,5)13-20/h6-11,20,26H,12-16H2,1-5H3. The lowest BCUT2D eigenvalue weighted by Crippen LogP contribution is -2.62. The molecule has 0 aliphatic carbocycles. The molecular weight excluding hydrogens is 362 g/mol. The van der Waals surface area contributed by atoms with Gasteiger partial charge < -0.3 is 14.8 Å². The van der Waals surface area contributed by atoms with Crippen molar-refractivity contribution in [1.29, 1.82) is 0 Å². The minimum Gasteiger partial charge on any atom is -0.454 e. The molecule has 0 unspecified atom stereocenters. The van der Waals surface area contributed by atoms with E-state index in [0.717, 1.165) is 43.1 Å². The van der Waals surface area contributed by atoms with Gasteiger partial charge in [0.15, 0.2) is 11.5 Å². The molecule has 4 rings (SSSR count). The number of hydrogen-bond donors (Lipinski definition) is 1. The zero-order valence-electron chi connectivity index (χ0n) is 18.3. The Balaban J connectivity index is 1.64. The van der Waals surface area contributed by atoms with E-state index in [4.69, 9.17) is 9.47 Å². The molecule has 5 nitrogen and oxygen atoms in total. The van der Waals surface area contributed by atoms with E-state index >= 15 is 0 Å². The minimum absolute atomic E-state index is 0.0959. The van der Waals surface area contributed by atoms with Gasteiger partial charge in [-0.3, -0.25) is 9.88 Å². The lowest BCUT2D eigenvalue weighted by atomic mass is 9.79. The monoisotopic (exact) mass is 395 g/mol.